The number of hydrogen-bond donors (Lipinski definition) is 1. The molecule has 0 radical (unpaired) electrons. The van der Waals surface area contributed by atoms with Gasteiger partial charge in [-0.25, -0.2) is 8.78 Å². The van der Waals surface area contributed by atoms with Gasteiger partial charge >= 0.3 is 29.6 Å². The average molecular weight is 466 g/mol. The fourth-order valence-corrected chi connectivity index (χ4v) is 2.86. The number of carbonyl (C=O) groups is 3. The van der Waals surface area contributed by atoms with Gasteiger partial charge < -0.3 is 19.7 Å². The number of halogens is 2. The first-order chi connectivity index (χ1) is 15.2. The number of carbonyl (C=O) groups excluding carboxylic acids is 3. The molecule has 0 amide bonds. The number of carboxylic acid groups (broad SMARTS) is 1. The third-order valence-corrected chi connectivity index (χ3v) is 4.63. The Bertz CT molecular complexity index is 989. The van der Waals surface area contributed by atoms with Crippen LogP contribution in [0.25, 0.3) is 12.2 Å². The van der Waals surface area contributed by atoms with E-state index in [4.69, 9.17) is 9.84 Å². The number of benzene rings is 2. The summed E-state index contributed by atoms with van der Waals surface area (Å²) < 4.78 is 32.4. The fourth-order valence-electron chi connectivity index (χ4n) is 2.86. The number of aliphatic hydroxyl groups excluding tert-OH is 1. The smallest absolute Gasteiger partial charge is 0.550 e. The van der Waals surface area contributed by atoms with Crippen LogP contribution >= 0.6 is 0 Å². The molecule has 2 aromatic carbocycles. The Hall–Kier alpha value is -2.65. The molecule has 0 aliphatic heterocycles. The maximum atomic E-state index is 13.8. The van der Waals surface area contributed by atoms with E-state index in [1.54, 1.807) is 0 Å². The molecule has 2 rings (SSSR count). The molecule has 0 aromatic heterocycles. The molecule has 0 saturated heterocycles. The molecule has 6 nitrogen and oxygen atoms in total. The van der Waals surface area contributed by atoms with Gasteiger partial charge in [0.25, 0.3) is 0 Å². The molecule has 2 aromatic rings. The van der Waals surface area contributed by atoms with E-state index >= 15 is 0 Å². The first kappa shape index (κ1) is 28.4. The molecule has 1 unspecified atom stereocenters. The monoisotopic (exact) mass is 466 g/mol. The zero-order chi connectivity index (χ0) is 23.7. The van der Waals surface area contributed by atoms with Crippen LogP contribution in [0.1, 0.15) is 29.5 Å². The Morgan fingerprint density at radius 2 is 1.55 bits per heavy atom. The van der Waals surface area contributed by atoms with E-state index in [-0.39, 0.29) is 47.3 Å². The van der Waals surface area contributed by atoms with E-state index in [1.807, 2.05) is 0 Å². The third-order valence-electron chi connectivity index (χ3n) is 4.63. The molecule has 33 heavy (non-hydrogen) atoms. The van der Waals surface area contributed by atoms with Crippen molar-refractivity contribution in [3.05, 3.63) is 76.9 Å². The van der Waals surface area contributed by atoms with Crippen molar-refractivity contribution in [2.75, 3.05) is 7.11 Å². The van der Waals surface area contributed by atoms with Crippen molar-refractivity contribution in [1.82, 2.24) is 0 Å². The molecule has 0 aliphatic carbocycles. The molecule has 0 saturated carbocycles. The van der Waals surface area contributed by atoms with Crippen molar-refractivity contribution in [2.45, 2.75) is 19.4 Å². The largest absolute Gasteiger partial charge is 1.00 e. The summed E-state index contributed by atoms with van der Waals surface area (Å²) in [6, 6.07) is 7.98. The van der Waals surface area contributed by atoms with Gasteiger partial charge in [0.05, 0.1) is 19.6 Å². The second-order valence-corrected chi connectivity index (χ2v) is 6.84. The summed E-state index contributed by atoms with van der Waals surface area (Å²) in [5.74, 6) is -5.31. The van der Waals surface area contributed by atoms with Gasteiger partial charge in [-0.05, 0) is 54.3 Å². The van der Waals surface area contributed by atoms with Crippen LogP contribution < -0.4 is 39.4 Å². The maximum Gasteiger partial charge on any atom is 1.00 e. The van der Waals surface area contributed by atoms with E-state index in [1.165, 1.54) is 43.5 Å². The SMILES string of the molecule is COc1ccc(/C=C/C(=O)C(CCC(=O)[O-])C(=O)/C=C/c2ccc(CO)c(F)c2)cc1F.[Na+]. The summed E-state index contributed by atoms with van der Waals surface area (Å²) in [6.07, 6.45) is 3.92. The van der Waals surface area contributed by atoms with Crippen molar-refractivity contribution >= 4 is 29.7 Å². The molecule has 168 valence electrons. The molecule has 0 bridgehead atoms. The zero-order valence-corrected chi connectivity index (χ0v) is 20.2. The summed E-state index contributed by atoms with van der Waals surface area (Å²) in [5, 5.41) is 19.8. The first-order valence-electron chi connectivity index (χ1n) is 9.61. The van der Waals surface area contributed by atoms with Gasteiger partial charge in [-0.1, -0.05) is 30.4 Å². The number of ketones is 2. The minimum absolute atomic E-state index is 0. The van der Waals surface area contributed by atoms with Gasteiger partial charge in [-0.15, -0.1) is 0 Å². The molecule has 9 heteroatoms. The second kappa shape index (κ2) is 13.8. The Balaban J connectivity index is 0.00000544. The standard InChI is InChI=1S/C24H22F2O6.Na/c1-32-23-10-5-16(13-20(23)26)4-9-22(29)18(7-11-24(30)31)21(28)8-3-15-2-6-17(14-27)19(25)12-15;/h2-6,8-10,12-13,18,27H,7,11,14H2,1H3,(H,30,31);/q;+1/p-1/b8-3+,9-4+;. The van der Waals surface area contributed by atoms with E-state index < -0.39 is 48.1 Å². The van der Waals surface area contributed by atoms with Gasteiger partial charge in [0.2, 0.25) is 0 Å². The predicted octanol–water partition coefficient (Wildman–Crippen LogP) is -0.519. The minimum atomic E-state index is -1.41. The molecular weight excluding hydrogens is 445 g/mol. The van der Waals surface area contributed by atoms with Crippen LogP contribution in [-0.2, 0) is 21.0 Å². The Kier molecular flexibility index (Phi) is 11.9. The van der Waals surface area contributed by atoms with Crippen molar-refractivity contribution in [3.8, 4) is 5.75 Å². The maximum absolute atomic E-state index is 13.8. The van der Waals surface area contributed by atoms with E-state index in [9.17, 15) is 28.3 Å². The number of aliphatic carboxylic acids is 1. The summed E-state index contributed by atoms with van der Waals surface area (Å²) in [4.78, 5) is 35.9. The predicted molar refractivity (Wildman–Crippen MR) is 111 cm³/mol. The van der Waals surface area contributed by atoms with Crippen molar-refractivity contribution in [2.24, 2.45) is 5.92 Å². The number of ether oxygens (including phenoxy) is 1. The molecular formula is C24H21F2NaO6. The van der Waals surface area contributed by atoms with E-state index in [0.29, 0.717) is 11.1 Å². The van der Waals surface area contributed by atoms with Gasteiger partial charge in [0.1, 0.15) is 5.82 Å². The number of allylic oxidation sites excluding steroid dienone is 2. The normalized spacial score (nSPS) is 11.9. The van der Waals surface area contributed by atoms with Crippen LogP contribution in [0.2, 0.25) is 0 Å². The van der Waals surface area contributed by atoms with Crippen LogP contribution in [0.15, 0.2) is 48.6 Å². The summed E-state index contributed by atoms with van der Waals surface area (Å²) in [7, 11) is 1.31. The molecule has 0 fully saturated rings. The van der Waals surface area contributed by atoms with Crippen LogP contribution in [0, 0.1) is 17.6 Å². The number of aliphatic hydroxyl groups is 1. The van der Waals surface area contributed by atoms with Crippen molar-refractivity contribution < 1.29 is 67.7 Å². The van der Waals surface area contributed by atoms with Crippen LogP contribution in [0.3, 0.4) is 0 Å². The topological polar surface area (TPSA) is 104 Å². The van der Waals surface area contributed by atoms with E-state index in [2.05, 4.69) is 0 Å². The summed E-state index contributed by atoms with van der Waals surface area (Å²) >= 11 is 0. The Labute approximate surface area is 211 Å². The van der Waals surface area contributed by atoms with Crippen molar-refractivity contribution in [3.63, 3.8) is 0 Å². The molecule has 0 aliphatic rings. The zero-order valence-electron chi connectivity index (χ0n) is 18.2. The minimum Gasteiger partial charge on any atom is -0.550 e. The van der Waals surface area contributed by atoms with E-state index in [0.717, 1.165) is 24.3 Å². The van der Waals surface area contributed by atoms with Crippen LogP contribution in [0.4, 0.5) is 8.78 Å². The number of rotatable bonds is 11. The number of hydrogen-bond acceptors (Lipinski definition) is 6. The van der Waals surface area contributed by atoms with Gasteiger partial charge in [-0.3, -0.25) is 9.59 Å². The van der Waals surface area contributed by atoms with Crippen LogP contribution in [0.5, 0.6) is 5.75 Å². The second-order valence-electron chi connectivity index (χ2n) is 6.84. The molecule has 1 atom stereocenters. The molecule has 1 N–H and O–H groups in total. The average Bonchev–Trinajstić information content (AvgIpc) is 2.76. The van der Waals surface area contributed by atoms with Gasteiger partial charge in [0, 0.05) is 11.5 Å². The van der Waals surface area contributed by atoms with Gasteiger partial charge in [-0.2, -0.15) is 0 Å². The van der Waals surface area contributed by atoms with Gasteiger partial charge in [0.15, 0.2) is 23.1 Å². The van der Waals surface area contributed by atoms with Crippen molar-refractivity contribution in [1.29, 1.82) is 0 Å². The van der Waals surface area contributed by atoms with Crippen LogP contribution in [-0.4, -0.2) is 29.8 Å². The Morgan fingerprint density at radius 3 is 2.00 bits per heavy atom. The first-order valence-corrected chi connectivity index (χ1v) is 9.61. The number of carboxylic acids is 1. The quantitative estimate of drug-likeness (QED) is 0.272. The third kappa shape index (κ3) is 8.66. The fraction of sp³-hybridized carbons (Fsp3) is 0.208. The summed E-state index contributed by atoms with van der Waals surface area (Å²) in [6.45, 7) is -0.473. The summed E-state index contributed by atoms with van der Waals surface area (Å²) in [5.41, 5.74) is 0.761. The number of methoxy groups -OCH3 is 1. The molecule has 0 heterocycles. The Morgan fingerprint density at radius 1 is 1.00 bits per heavy atom. The molecule has 0 spiro atoms.